The maximum absolute atomic E-state index is 8.77. The van der Waals surface area contributed by atoms with Crippen LogP contribution in [0.3, 0.4) is 0 Å². The highest BCUT2D eigenvalue weighted by Crippen LogP contribution is 2.20. The molecule has 0 fully saturated rings. The van der Waals surface area contributed by atoms with Gasteiger partial charge in [0.15, 0.2) is 0 Å². The highest BCUT2D eigenvalue weighted by atomic mass is 35.5. The summed E-state index contributed by atoms with van der Waals surface area (Å²) in [6.45, 7) is 0.617. The number of pyridine rings is 1. The summed E-state index contributed by atoms with van der Waals surface area (Å²) in [5.41, 5.74) is 2.34. The number of hydrogen-bond donors (Lipinski definition) is 1. The van der Waals surface area contributed by atoms with Crippen LogP contribution in [0.25, 0.3) is 0 Å². The topological polar surface area (TPSA) is 48.7 Å². The van der Waals surface area contributed by atoms with Crippen LogP contribution < -0.4 is 5.32 Å². The molecule has 2 aromatic rings. The molecule has 18 heavy (non-hydrogen) atoms. The molecule has 0 saturated heterocycles. The SMILES string of the molecule is N#Cc1ccc(NCc2ccc(Cl)nc2)cc1Cl. The first-order valence-electron chi connectivity index (χ1n) is 5.23. The van der Waals surface area contributed by atoms with Crippen LogP contribution in [-0.4, -0.2) is 4.98 Å². The van der Waals surface area contributed by atoms with Crippen LogP contribution in [0, 0.1) is 11.3 Å². The minimum absolute atomic E-state index is 0.441. The zero-order valence-corrected chi connectivity index (χ0v) is 10.8. The summed E-state index contributed by atoms with van der Waals surface area (Å²) >= 11 is 11.6. The van der Waals surface area contributed by atoms with E-state index in [1.807, 2.05) is 18.2 Å². The molecule has 1 N–H and O–H groups in total. The molecule has 0 radical (unpaired) electrons. The molecule has 0 spiro atoms. The first-order chi connectivity index (χ1) is 8.69. The molecule has 3 nitrogen and oxygen atoms in total. The Kier molecular flexibility index (Phi) is 4.03. The first-order valence-corrected chi connectivity index (χ1v) is 5.98. The summed E-state index contributed by atoms with van der Waals surface area (Å²) in [7, 11) is 0. The van der Waals surface area contributed by atoms with E-state index in [0.717, 1.165) is 11.3 Å². The number of aromatic nitrogens is 1. The third kappa shape index (κ3) is 3.13. The zero-order valence-electron chi connectivity index (χ0n) is 9.32. The predicted molar refractivity (Wildman–Crippen MR) is 72.7 cm³/mol. The lowest BCUT2D eigenvalue weighted by Crippen LogP contribution is -1.99. The Labute approximate surface area is 115 Å². The van der Waals surface area contributed by atoms with E-state index < -0.39 is 0 Å². The second-order valence-corrected chi connectivity index (χ2v) is 4.44. The highest BCUT2D eigenvalue weighted by molar-refractivity contribution is 6.32. The number of nitrogens with zero attached hydrogens (tertiary/aromatic N) is 2. The molecular weight excluding hydrogens is 269 g/mol. The molecule has 1 aromatic heterocycles. The van der Waals surface area contributed by atoms with Crippen LogP contribution in [0.5, 0.6) is 0 Å². The summed E-state index contributed by atoms with van der Waals surface area (Å²) in [4.78, 5) is 3.99. The maximum atomic E-state index is 8.77. The fourth-order valence-electron chi connectivity index (χ4n) is 1.43. The van der Waals surface area contributed by atoms with E-state index in [1.54, 1.807) is 24.4 Å². The van der Waals surface area contributed by atoms with Crippen molar-refractivity contribution in [2.24, 2.45) is 0 Å². The minimum atomic E-state index is 0.441. The highest BCUT2D eigenvalue weighted by Gasteiger charge is 2.01. The Morgan fingerprint density at radius 3 is 2.67 bits per heavy atom. The van der Waals surface area contributed by atoms with Gasteiger partial charge in [-0.15, -0.1) is 0 Å². The Morgan fingerprint density at radius 1 is 1.22 bits per heavy atom. The molecule has 0 unspecified atom stereocenters. The van der Waals surface area contributed by atoms with Crippen molar-refractivity contribution >= 4 is 28.9 Å². The largest absolute Gasteiger partial charge is 0.381 e. The molecule has 1 heterocycles. The van der Waals surface area contributed by atoms with Crippen molar-refractivity contribution in [2.45, 2.75) is 6.54 Å². The lowest BCUT2D eigenvalue weighted by molar-refractivity contribution is 1.11. The number of anilines is 1. The van der Waals surface area contributed by atoms with Crippen molar-refractivity contribution in [3.05, 3.63) is 57.8 Å². The van der Waals surface area contributed by atoms with E-state index in [1.165, 1.54) is 0 Å². The van der Waals surface area contributed by atoms with E-state index >= 15 is 0 Å². The van der Waals surface area contributed by atoms with Gasteiger partial charge in [0.05, 0.1) is 10.6 Å². The Morgan fingerprint density at radius 2 is 2.06 bits per heavy atom. The van der Waals surface area contributed by atoms with Gasteiger partial charge in [0.25, 0.3) is 0 Å². The molecule has 0 atom stereocenters. The second-order valence-electron chi connectivity index (χ2n) is 3.65. The number of benzene rings is 1. The Hall–Kier alpha value is -1.76. The summed E-state index contributed by atoms with van der Waals surface area (Å²) in [5.74, 6) is 0. The third-order valence-electron chi connectivity index (χ3n) is 2.37. The predicted octanol–water partition coefficient (Wildman–Crippen LogP) is 3.87. The van der Waals surface area contributed by atoms with Gasteiger partial charge in [-0.3, -0.25) is 0 Å². The minimum Gasteiger partial charge on any atom is -0.381 e. The van der Waals surface area contributed by atoms with Gasteiger partial charge in [-0.1, -0.05) is 29.3 Å². The quantitative estimate of drug-likeness (QED) is 0.867. The van der Waals surface area contributed by atoms with Gasteiger partial charge in [-0.2, -0.15) is 5.26 Å². The van der Waals surface area contributed by atoms with Crippen LogP contribution in [0.4, 0.5) is 5.69 Å². The van der Waals surface area contributed by atoms with Crippen LogP contribution in [0.1, 0.15) is 11.1 Å². The molecule has 90 valence electrons. The van der Waals surface area contributed by atoms with Gasteiger partial charge in [0.1, 0.15) is 11.2 Å². The van der Waals surface area contributed by atoms with E-state index in [4.69, 9.17) is 28.5 Å². The van der Waals surface area contributed by atoms with E-state index in [-0.39, 0.29) is 0 Å². The number of halogens is 2. The number of nitrogens with one attached hydrogen (secondary N) is 1. The molecule has 0 bridgehead atoms. The summed E-state index contributed by atoms with van der Waals surface area (Å²) < 4.78 is 0. The monoisotopic (exact) mass is 277 g/mol. The standard InChI is InChI=1S/C13H9Cl2N3/c14-12-5-11(3-2-10(12)6-16)17-7-9-1-4-13(15)18-8-9/h1-5,8,17H,7H2. The van der Waals surface area contributed by atoms with Crippen LogP contribution >= 0.6 is 23.2 Å². The van der Waals surface area contributed by atoms with Gasteiger partial charge in [0, 0.05) is 18.4 Å². The van der Waals surface area contributed by atoms with Crippen molar-refractivity contribution in [2.75, 3.05) is 5.32 Å². The summed E-state index contributed by atoms with van der Waals surface area (Å²) in [5, 5.41) is 12.9. The average molecular weight is 278 g/mol. The van der Waals surface area contributed by atoms with Gasteiger partial charge in [-0.25, -0.2) is 4.98 Å². The maximum Gasteiger partial charge on any atom is 0.129 e. The Balaban J connectivity index is 2.04. The van der Waals surface area contributed by atoms with Gasteiger partial charge >= 0.3 is 0 Å². The van der Waals surface area contributed by atoms with Gasteiger partial charge < -0.3 is 5.32 Å². The number of nitriles is 1. The average Bonchev–Trinajstić information content (AvgIpc) is 2.38. The molecular formula is C13H9Cl2N3. The van der Waals surface area contributed by atoms with Crippen molar-refractivity contribution in [3.63, 3.8) is 0 Å². The molecule has 0 aliphatic carbocycles. The third-order valence-corrected chi connectivity index (χ3v) is 2.91. The Bertz CT molecular complexity index is 588. The zero-order chi connectivity index (χ0) is 13.0. The fourth-order valence-corrected chi connectivity index (χ4v) is 1.77. The van der Waals surface area contributed by atoms with E-state index in [9.17, 15) is 0 Å². The van der Waals surface area contributed by atoms with Gasteiger partial charge in [0.2, 0.25) is 0 Å². The molecule has 5 heteroatoms. The number of hydrogen-bond acceptors (Lipinski definition) is 3. The first kappa shape index (κ1) is 12.7. The van der Waals surface area contributed by atoms with E-state index in [2.05, 4.69) is 10.3 Å². The molecule has 0 amide bonds. The van der Waals surface area contributed by atoms with E-state index in [0.29, 0.717) is 22.3 Å². The molecule has 0 aliphatic rings. The van der Waals surface area contributed by atoms with Crippen LogP contribution in [0.2, 0.25) is 10.2 Å². The lowest BCUT2D eigenvalue weighted by Gasteiger charge is -2.07. The summed E-state index contributed by atoms with van der Waals surface area (Å²) in [6, 6.07) is 10.9. The van der Waals surface area contributed by atoms with Crippen LogP contribution in [-0.2, 0) is 6.54 Å². The molecule has 0 saturated carbocycles. The molecule has 0 aliphatic heterocycles. The number of rotatable bonds is 3. The molecule has 2 rings (SSSR count). The van der Waals surface area contributed by atoms with Crippen molar-refractivity contribution in [1.82, 2.24) is 4.98 Å². The van der Waals surface area contributed by atoms with Crippen molar-refractivity contribution in [3.8, 4) is 6.07 Å². The fraction of sp³-hybridized carbons (Fsp3) is 0.0769. The normalized spacial score (nSPS) is 9.83. The second kappa shape index (κ2) is 5.72. The smallest absolute Gasteiger partial charge is 0.129 e. The van der Waals surface area contributed by atoms with Crippen molar-refractivity contribution < 1.29 is 0 Å². The summed E-state index contributed by atoms with van der Waals surface area (Å²) in [6.07, 6.45) is 1.71. The molecule has 1 aromatic carbocycles. The van der Waals surface area contributed by atoms with Crippen LogP contribution in [0.15, 0.2) is 36.5 Å². The van der Waals surface area contributed by atoms with Crippen molar-refractivity contribution in [1.29, 1.82) is 5.26 Å². The van der Waals surface area contributed by atoms with Gasteiger partial charge in [-0.05, 0) is 29.8 Å². The lowest BCUT2D eigenvalue weighted by atomic mass is 10.2.